The number of rotatable bonds is 12. The normalized spacial score (nSPS) is 14.7. The van der Waals surface area contributed by atoms with Gasteiger partial charge in [0.1, 0.15) is 19.0 Å². The lowest BCUT2D eigenvalue weighted by molar-refractivity contribution is -0.127. The van der Waals surface area contributed by atoms with Gasteiger partial charge in [-0.3, -0.25) is 15.0 Å². The van der Waals surface area contributed by atoms with Crippen LogP contribution in [0.1, 0.15) is 34.3 Å². The molecule has 0 spiro atoms. The summed E-state index contributed by atoms with van der Waals surface area (Å²) in [4.78, 5) is 25.8. The second kappa shape index (κ2) is 16.5. The zero-order valence-electron chi connectivity index (χ0n) is 24.3. The number of hydrazine groups is 1. The highest BCUT2D eigenvalue weighted by molar-refractivity contribution is 6.37. The van der Waals surface area contributed by atoms with Crippen LogP contribution in [0.4, 0.5) is 0 Å². The quantitative estimate of drug-likeness (QED) is 0.236. The van der Waals surface area contributed by atoms with E-state index in [4.69, 9.17) is 42.1 Å². The molecule has 0 radical (unpaired) electrons. The zero-order chi connectivity index (χ0) is 30.1. The Morgan fingerprint density at radius 3 is 2.33 bits per heavy atom. The highest BCUT2D eigenvalue weighted by Gasteiger charge is 2.27. The van der Waals surface area contributed by atoms with Crippen LogP contribution in [0, 0.1) is 12.8 Å². The summed E-state index contributed by atoms with van der Waals surface area (Å²) in [6, 6.07) is 15.9. The van der Waals surface area contributed by atoms with Gasteiger partial charge < -0.3 is 24.3 Å². The number of carbonyl (C=O) groups is 2. The van der Waals surface area contributed by atoms with E-state index in [2.05, 4.69) is 10.7 Å². The second-order valence-corrected chi connectivity index (χ2v) is 10.7. The van der Waals surface area contributed by atoms with Gasteiger partial charge >= 0.3 is 0 Å². The molecule has 1 saturated heterocycles. The van der Waals surface area contributed by atoms with Crippen molar-refractivity contribution in [2.45, 2.75) is 26.3 Å². The number of nitrogens with one attached hydrogen (secondary N) is 2. The topological polar surface area (TPSA) is 98.4 Å². The summed E-state index contributed by atoms with van der Waals surface area (Å²) in [5.41, 5.74) is 5.18. The minimum Gasteiger partial charge on any atom is -0.493 e. The number of amides is 2. The molecule has 2 amide bonds. The predicted octanol–water partition coefficient (Wildman–Crippen LogP) is 5.87. The number of carbonyl (C=O) groups excluding carboxylic acids is 2. The SMILES string of the molecule is COc1cccc(CNC(=O)C2CCCN(NC(=O)c3ccc(OCCOc4c(Cl)cc(C)cc4Cl)cc3)C2)c1OC.Cl. The summed E-state index contributed by atoms with van der Waals surface area (Å²) in [7, 11) is 3.15. The van der Waals surface area contributed by atoms with E-state index in [9.17, 15) is 9.59 Å². The smallest absolute Gasteiger partial charge is 0.265 e. The van der Waals surface area contributed by atoms with Crippen molar-refractivity contribution in [3.8, 4) is 23.0 Å². The zero-order valence-corrected chi connectivity index (χ0v) is 26.6. The summed E-state index contributed by atoms with van der Waals surface area (Å²) < 4.78 is 22.2. The Labute approximate surface area is 268 Å². The Bertz CT molecular complexity index is 1370. The summed E-state index contributed by atoms with van der Waals surface area (Å²) in [6.45, 7) is 3.82. The van der Waals surface area contributed by atoms with Crippen LogP contribution in [0.25, 0.3) is 0 Å². The van der Waals surface area contributed by atoms with Gasteiger partial charge in [0.2, 0.25) is 5.91 Å². The Hall–Kier alpha value is -3.37. The Kier molecular flexibility index (Phi) is 13.1. The molecule has 9 nitrogen and oxygen atoms in total. The van der Waals surface area contributed by atoms with Crippen LogP contribution < -0.4 is 29.7 Å². The maximum absolute atomic E-state index is 12.9. The molecule has 43 heavy (non-hydrogen) atoms. The van der Waals surface area contributed by atoms with Crippen molar-refractivity contribution < 1.29 is 28.5 Å². The summed E-state index contributed by atoms with van der Waals surface area (Å²) >= 11 is 12.4. The van der Waals surface area contributed by atoms with E-state index in [-0.39, 0.29) is 43.4 Å². The second-order valence-electron chi connectivity index (χ2n) is 9.88. The van der Waals surface area contributed by atoms with Crippen LogP contribution in [0.2, 0.25) is 10.0 Å². The molecule has 1 atom stereocenters. The van der Waals surface area contributed by atoms with Crippen LogP contribution in [0.5, 0.6) is 23.0 Å². The lowest BCUT2D eigenvalue weighted by atomic mass is 9.98. The Morgan fingerprint density at radius 2 is 1.65 bits per heavy atom. The number of benzene rings is 3. The monoisotopic (exact) mass is 651 g/mol. The van der Waals surface area contributed by atoms with E-state index >= 15 is 0 Å². The van der Waals surface area contributed by atoms with E-state index in [0.29, 0.717) is 58.2 Å². The Balaban J connectivity index is 0.00000506. The van der Waals surface area contributed by atoms with Crippen LogP contribution in [0.15, 0.2) is 54.6 Å². The van der Waals surface area contributed by atoms with Crippen LogP contribution in [0.3, 0.4) is 0 Å². The first kappa shape index (κ1) is 34.1. The molecule has 1 aliphatic heterocycles. The van der Waals surface area contributed by atoms with E-state index in [1.807, 2.05) is 25.1 Å². The molecule has 2 N–H and O–H groups in total. The number of ether oxygens (including phenoxy) is 4. The maximum Gasteiger partial charge on any atom is 0.265 e. The van der Waals surface area contributed by atoms with Crippen LogP contribution >= 0.6 is 35.6 Å². The number of methoxy groups -OCH3 is 2. The van der Waals surface area contributed by atoms with Gasteiger partial charge in [-0.2, -0.15) is 0 Å². The molecule has 3 aromatic carbocycles. The fourth-order valence-corrected chi connectivity index (χ4v) is 5.46. The summed E-state index contributed by atoms with van der Waals surface area (Å²) in [5.74, 6) is 1.65. The molecule has 3 aromatic rings. The molecule has 1 fully saturated rings. The molecule has 232 valence electrons. The number of para-hydroxylation sites is 1. The molecule has 0 bridgehead atoms. The highest BCUT2D eigenvalue weighted by atomic mass is 35.5. The lowest BCUT2D eigenvalue weighted by Gasteiger charge is -2.32. The third-order valence-corrected chi connectivity index (χ3v) is 7.41. The highest BCUT2D eigenvalue weighted by Crippen LogP contribution is 2.34. The van der Waals surface area contributed by atoms with Crippen molar-refractivity contribution in [2.75, 3.05) is 40.5 Å². The molecule has 0 saturated carbocycles. The van der Waals surface area contributed by atoms with E-state index < -0.39 is 0 Å². The minimum atomic E-state index is -0.254. The average Bonchev–Trinajstić information content (AvgIpc) is 2.99. The largest absolute Gasteiger partial charge is 0.493 e. The molecule has 0 aromatic heterocycles. The number of hydrogen-bond acceptors (Lipinski definition) is 7. The van der Waals surface area contributed by atoms with Gasteiger partial charge in [0.15, 0.2) is 17.2 Å². The van der Waals surface area contributed by atoms with Crippen LogP contribution in [-0.4, -0.2) is 57.3 Å². The lowest BCUT2D eigenvalue weighted by Crippen LogP contribution is -2.50. The van der Waals surface area contributed by atoms with E-state index in [1.165, 1.54) is 0 Å². The molecule has 4 rings (SSSR count). The molecular weight excluding hydrogens is 617 g/mol. The Morgan fingerprint density at radius 1 is 0.953 bits per heavy atom. The van der Waals surface area contributed by atoms with Crippen molar-refractivity contribution in [1.29, 1.82) is 0 Å². The van der Waals surface area contributed by atoms with E-state index in [1.54, 1.807) is 55.6 Å². The van der Waals surface area contributed by atoms with Crippen molar-refractivity contribution in [3.63, 3.8) is 0 Å². The first-order chi connectivity index (χ1) is 20.3. The predicted molar refractivity (Wildman–Crippen MR) is 169 cm³/mol. The summed E-state index contributed by atoms with van der Waals surface area (Å²) in [6.07, 6.45) is 1.53. The van der Waals surface area contributed by atoms with Gasteiger partial charge in [-0.05, 0) is 67.8 Å². The van der Waals surface area contributed by atoms with E-state index in [0.717, 1.165) is 24.0 Å². The van der Waals surface area contributed by atoms with Crippen molar-refractivity contribution in [2.24, 2.45) is 5.92 Å². The summed E-state index contributed by atoms with van der Waals surface area (Å²) in [5, 5.41) is 5.69. The van der Waals surface area contributed by atoms with Gasteiger partial charge in [0.05, 0.1) is 30.2 Å². The number of hydrogen-bond donors (Lipinski definition) is 2. The average molecular weight is 653 g/mol. The number of aryl methyl sites for hydroxylation is 1. The van der Waals surface area contributed by atoms with Crippen LogP contribution in [-0.2, 0) is 11.3 Å². The number of halogens is 3. The first-order valence-electron chi connectivity index (χ1n) is 13.6. The van der Waals surface area contributed by atoms with Crippen molar-refractivity contribution >= 4 is 47.4 Å². The van der Waals surface area contributed by atoms with Gasteiger partial charge in [-0.1, -0.05) is 35.3 Å². The van der Waals surface area contributed by atoms with Gasteiger partial charge in [-0.25, -0.2) is 5.01 Å². The maximum atomic E-state index is 12.9. The third-order valence-electron chi connectivity index (χ3n) is 6.85. The fraction of sp³-hybridized carbons (Fsp3) is 0.355. The first-order valence-corrected chi connectivity index (χ1v) is 14.4. The standard InChI is InChI=1S/C31H35Cl2N3O6.ClH/c1-20-16-25(32)29(26(33)17-20)42-15-14-41-24-11-9-21(10-12-24)31(38)35-36-13-5-7-23(19-36)30(37)34-18-22-6-4-8-27(39-2)28(22)40-3;/h4,6,8-12,16-17,23H,5,7,13-15,18-19H2,1-3H3,(H,34,37)(H,35,38);1H. The van der Waals surface area contributed by atoms with Crippen molar-refractivity contribution in [3.05, 3.63) is 81.3 Å². The third kappa shape index (κ3) is 9.31. The number of nitrogens with zero attached hydrogens (tertiary/aromatic N) is 1. The molecule has 1 unspecified atom stereocenters. The molecule has 0 aliphatic carbocycles. The molecule has 1 heterocycles. The molecule has 12 heteroatoms. The van der Waals surface area contributed by atoms with Gasteiger partial charge in [0.25, 0.3) is 5.91 Å². The molecular formula is C31H36Cl3N3O6. The fourth-order valence-electron chi connectivity index (χ4n) is 4.75. The van der Waals surface area contributed by atoms with Crippen molar-refractivity contribution in [1.82, 2.24) is 15.8 Å². The number of piperidine rings is 1. The van der Waals surface area contributed by atoms with Gasteiger partial charge in [-0.15, -0.1) is 12.4 Å². The van der Waals surface area contributed by atoms with Gasteiger partial charge in [0, 0.05) is 30.8 Å². The minimum absolute atomic E-state index is 0. The molecule has 1 aliphatic rings.